The van der Waals surface area contributed by atoms with Crippen molar-refractivity contribution in [1.29, 1.82) is 0 Å². The Morgan fingerprint density at radius 1 is 1.35 bits per heavy atom. The normalized spacial score (nSPS) is 11.2. The van der Waals surface area contributed by atoms with E-state index >= 15 is 0 Å². The highest BCUT2D eigenvalue weighted by atomic mass is 19.1. The summed E-state index contributed by atoms with van der Waals surface area (Å²) in [4.78, 5) is 3.17. The van der Waals surface area contributed by atoms with Crippen LogP contribution in [0.4, 0.5) is 10.2 Å². The zero-order chi connectivity index (χ0) is 12.0. The number of aryl methyl sites for hydroxylation is 1. The summed E-state index contributed by atoms with van der Waals surface area (Å²) in [6.07, 6.45) is 0. The molecule has 4 nitrogen and oxygen atoms in total. The van der Waals surface area contributed by atoms with Gasteiger partial charge in [-0.15, -0.1) is 0 Å². The number of hydrogen-bond donors (Lipinski definition) is 2. The van der Waals surface area contributed by atoms with E-state index in [0.717, 1.165) is 22.2 Å². The molecule has 2 heterocycles. The zero-order valence-corrected chi connectivity index (χ0v) is 9.12. The number of rotatable bonds is 1. The predicted octanol–water partition coefficient (Wildman–Crippen LogP) is 2.85. The number of nitrogen functional groups attached to an aromatic ring is 1. The molecule has 0 aliphatic heterocycles. The quantitative estimate of drug-likeness (QED) is 0.676. The first-order valence-electron chi connectivity index (χ1n) is 5.15. The van der Waals surface area contributed by atoms with Crippen LogP contribution < -0.4 is 5.73 Å². The van der Waals surface area contributed by atoms with Gasteiger partial charge in [-0.3, -0.25) is 0 Å². The Morgan fingerprint density at radius 3 is 2.88 bits per heavy atom. The van der Waals surface area contributed by atoms with E-state index in [1.807, 2.05) is 6.92 Å². The lowest BCUT2D eigenvalue weighted by Gasteiger charge is -1.95. The molecule has 0 radical (unpaired) electrons. The van der Waals surface area contributed by atoms with Crippen molar-refractivity contribution in [2.75, 3.05) is 5.73 Å². The molecule has 0 bridgehead atoms. The summed E-state index contributed by atoms with van der Waals surface area (Å²) in [5.74, 6) is 0.562. The van der Waals surface area contributed by atoms with Gasteiger partial charge in [0, 0.05) is 28.2 Å². The molecule has 2 aromatic heterocycles. The Labute approximate surface area is 96.2 Å². The fourth-order valence-electron chi connectivity index (χ4n) is 2.02. The van der Waals surface area contributed by atoms with E-state index in [9.17, 15) is 4.39 Å². The van der Waals surface area contributed by atoms with Gasteiger partial charge in [-0.1, -0.05) is 5.16 Å². The van der Waals surface area contributed by atoms with E-state index in [1.165, 1.54) is 12.1 Å². The van der Waals surface area contributed by atoms with Gasteiger partial charge in [-0.2, -0.15) is 0 Å². The van der Waals surface area contributed by atoms with Gasteiger partial charge in [-0.25, -0.2) is 4.39 Å². The van der Waals surface area contributed by atoms with Crippen LogP contribution in [0.1, 0.15) is 5.69 Å². The zero-order valence-electron chi connectivity index (χ0n) is 9.12. The van der Waals surface area contributed by atoms with Crippen molar-refractivity contribution >= 4 is 16.7 Å². The Hall–Kier alpha value is -2.30. The van der Waals surface area contributed by atoms with Crippen molar-refractivity contribution in [3.63, 3.8) is 0 Å². The molecule has 0 aliphatic rings. The van der Waals surface area contributed by atoms with E-state index in [0.29, 0.717) is 11.6 Å². The van der Waals surface area contributed by atoms with Crippen LogP contribution in [-0.4, -0.2) is 10.1 Å². The van der Waals surface area contributed by atoms with Crippen molar-refractivity contribution < 1.29 is 8.91 Å². The number of benzene rings is 1. The second kappa shape index (κ2) is 3.35. The molecule has 86 valence electrons. The van der Waals surface area contributed by atoms with E-state index < -0.39 is 0 Å². The predicted molar refractivity (Wildman–Crippen MR) is 62.9 cm³/mol. The first kappa shape index (κ1) is 9.89. The minimum absolute atomic E-state index is 0.287. The van der Waals surface area contributed by atoms with Crippen molar-refractivity contribution in [3.8, 4) is 11.3 Å². The maximum atomic E-state index is 13.3. The summed E-state index contributed by atoms with van der Waals surface area (Å²) in [7, 11) is 0. The molecule has 0 amide bonds. The average molecular weight is 231 g/mol. The van der Waals surface area contributed by atoms with Crippen LogP contribution in [0.2, 0.25) is 0 Å². The number of aromatic nitrogens is 2. The topological polar surface area (TPSA) is 67.8 Å². The number of anilines is 1. The summed E-state index contributed by atoms with van der Waals surface area (Å²) in [5.41, 5.74) is 8.06. The minimum atomic E-state index is -0.287. The third kappa shape index (κ3) is 1.47. The number of fused-ring (bicyclic) bond motifs is 1. The van der Waals surface area contributed by atoms with Gasteiger partial charge in [0.2, 0.25) is 0 Å². The third-order valence-corrected chi connectivity index (χ3v) is 2.72. The number of nitrogens with zero attached hydrogens (tertiary/aromatic N) is 1. The van der Waals surface area contributed by atoms with Crippen LogP contribution in [0.5, 0.6) is 0 Å². The van der Waals surface area contributed by atoms with Crippen LogP contribution in [0, 0.1) is 12.7 Å². The van der Waals surface area contributed by atoms with Gasteiger partial charge >= 0.3 is 0 Å². The van der Waals surface area contributed by atoms with Crippen molar-refractivity contribution in [1.82, 2.24) is 10.1 Å². The van der Waals surface area contributed by atoms with Crippen LogP contribution in [0.25, 0.3) is 22.2 Å². The fourth-order valence-corrected chi connectivity index (χ4v) is 2.02. The van der Waals surface area contributed by atoms with E-state index in [-0.39, 0.29) is 5.82 Å². The number of hydrogen-bond acceptors (Lipinski definition) is 3. The van der Waals surface area contributed by atoms with Crippen LogP contribution in [0.3, 0.4) is 0 Å². The maximum Gasteiger partial charge on any atom is 0.171 e. The summed E-state index contributed by atoms with van der Waals surface area (Å²) in [5, 5.41) is 4.40. The average Bonchev–Trinajstić information content (AvgIpc) is 2.81. The number of H-pyrrole nitrogens is 1. The van der Waals surface area contributed by atoms with Gasteiger partial charge < -0.3 is 15.2 Å². The lowest BCUT2D eigenvalue weighted by atomic mass is 10.1. The second-order valence-electron chi connectivity index (χ2n) is 3.93. The lowest BCUT2D eigenvalue weighted by molar-refractivity contribution is 0.436. The molecular weight excluding hydrogens is 221 g/mol. The Bertz CT molecular complexity index is 699. The second-order valence-corrected chi connectivity index (χ2v) is 3.93. The van der Waals surface area contributed by atoms with Crippen LogP contribution >= 0.6 is 0 Å². The summed E-state index contributed by atoms with van der Waals surface area (Å²) in [6, 6.07) is 6.20. The lowest BCUT2D eigenvalue weighted by Crippen LogP contribution is -1.80. The monoisotopic (exact) mass is 231 g/mol. The van der Waals surface area contributed by atoms with E-state index in [1.54, 1.807) is 12.1 Å². The fraction of sp³-hybridized carbons (Fsp3) is 0.0833. The van der Waals surface area contributed by atoms with Crippen molar-refractivity contribution in [2.45, 2.75) is 6.92 Å². The number of nitrogens with two attached hydrogens (primary N) is 1. The molecule has 0 fully saturated rings. The van der Waals surface area contributed by atoms with E-state index in [2.05, 4.69) is 10.1 Å². The molecule has 0 saturated heterocycles. The third-order valence-electron chi connectivity index (χ3n) is 2.72. The summed E-state index contributed by atoms with van der Waals surface area (Å²) >= 11 is 0. The number of aromatic amines is 1. The Balaban J connectivity index is 2.34. The first-order chi connectivity index (χ1) is 8.15. The molecular formula is C12H10FN3O. The maximum absolute atomic E-state index is 13.3. The molecule has 0 spiro atoms. The summed E-state index contributed by atoms with van der Waals surface area (Å²) < 4.78 is 18.4. The standard InChI is InChI=1S/C12H10FN3O/c1-6-12(10-5-11(14)16-17-10)8-4-7(13)2-3-9(8)15-6/h2-5,15H,1H3,(H2,14,16). The molecule has 3 aromatic rings. The molecule has 3 rings (SSSR count). The Morgan fingerprint density at radius 2 is 2.18 bits per heavy atom. The van der Waals surface area contributed by atoms with Crippen LogP contribution in [-0.2, 0) is 0 Å². The SMILES string of the molecule is Cc1[nH]c2ccc(F)cc2c1-c1cc(N)no1. The molecule has 3 N–H and O–H groups in total. The van der Waals surface area contributed by atoms with Gasteiger partial charge in [0.15, 0.2) is 11.6 Å². The Kier molecular flexibility index (Phi) is 1.95. The van der Waals surface area contributed by atoms with E-state index in [4.69, 9.17) is 10.3 Å². The largest absolute Gasteiger partial charge is 0.381 e. The van der Waals surface area contributed by atoms with Gasteiger partial charge in [0.25, 0.3) is 0 Å². The minimum Gasteiger partial charge on any atom is -0.381 e. The molecule has 0 atom stereocenters. The molecule has 0 saturated carbocycles. The van der Waals surface area contributed by atoms with Crippen molar-refractivity contribution in [3.05, 3.63) is 35.8 Å². The van der Waals surface area contributed by atoms with Gasteiger partial charge in [0.05, 0.1) is 0 Å². The smallest absolute Gasteiger partial charge is 0.171 e. The highest BCUT2D eigenvalue weighted by Gasteiger charge is 2.15. The summed E-state index contributed by atoms with van der Waals surface area (Å²) in [6.45, 7) is 1.89. The highest BCUT2D eigenvalue weighted by molar-refractivity contribution is 5.96. The molecule has 0 unspecified atom stereocenters. The van der Waals surface area contributed by atoms with Gasteiger partial charge in [-0.05, 0) is 25.1 Å². The molecule has 1 aromatic carbocycles. The highest BCUT2D eigenvalue weighted by Crippen LogP contribution is 2.33. The molecule has 0 aliphatic carbocycles. The van der Waals surface area contributed by atoms with Crippen LogP contribution in [0.15, 0.2) is 28.8 Å². The first-order valence-corrected chi connectivity index (χ1v) is 5.15. The number of halogens is 1. The molecule has 5 heteroatoms. The number of nitrogens with one attached hydrogen (secondary N) is 1. The van der Waals surface area contributed by atoms with Gasteiger partial charge in [0.1, 0.15) is 5.82 Å². The molecule has 17 heavy (non-hydrogen) atoms. The van der Waals surface area contributed by atoms with Crippen molar-refractivity contribution in [2.24, 2.45) is 0 Å².